The standard InChI is InChI=1S/C27H24ClN5O2S/c1-18-17-32(19(2)30-18)26-11-10-22(21-7-5-9-25(14-21)36(3,34)35)15-27(26)33-24(16-29-31-33)13-20-6-4-8-23(28)12-20/h4-12,14-17H,13H2,1-3H3. The van der Waals surface area contributed by atoms with E-state index >= 15 is 0 Å². The highest BCUT2D eigenvalue weighted by atomic mass is 35.5. The number of aromatic nitrogens is 5. The fraction of sp³-hybridized carbons (Fsp3) is 0.148. The molecule has 0 aliphatic carbocycles. The van der Waals surface area contributed by atoms with Gasteiger partial charge in [-0.3, -0.25) is 0 Å². The molecule has 2 heterocycles. The van der Waals surface area contributed by atoms with Gasteiger partial charge < -0.3 is 4.57 Å². The summed E-state index contributed by atoms with van der Waals surface area (Å²) in [5, 5.41) is 9.30. The minimum absolute atomic E-state index is 0.272. The third kappa shape index (κ3) is 4.82. The van der Waals surface area contributed by atoms with Crippen LogP contribution in [-0.4, -0.2) is 39.2 Å². The van der Waals surface area contributed by atoms with Gasteiger partial charge in [-0.05, 0) is 66.9 Å². The predicted molar refractivity (Wildman–Crippen MR) is 141 cm³/mol. The van der Waals surface area contributed by atoms with Crippen molar-refractivity contribution in [3.05, 3.63) is 107 Å². The fourth-order valence-corrected chi connectivity index (χ4v) is 5.16. The van der Waals surface area contributed by atoms with E-state index < -0.39 is 9.84 Å². The van der Waals surface area contributed by atoms with E-state index in [-0.39, 0.29) is 4.90 Å². The number of nitrogens with zero attached hydrogens (tertiary/aromatic N) is 5. The van der Waals surface area contributed by atoms with E-state index in [1.807, 2.05) is 77.8 Å². The lowest BCUT2D eigenvalue weighted by Crippen LogP contribution is -2.09. The highest BCUT2D eigenvalue weighted by Gasteiger charge is 2.17. The van der Waals surface area contributed by atoms with E-state index in [1.165, 1.54) is 6.26 Å². The van der Waals surface area contributed by atoms with Crippen LogP contribution >= 0.6 is 11.6 Å². The second kappa shape index (κ2) is 9.37. The zero-order valence-corrected chi connectivity index (χ0v) is 21.6. The van der Waals surface area contributed by atoms with Gasteiger partial charge in [0.25, 0.3) is 0 Å². The second-order valence-electron chi connectivity index (χ2n) is 8.75. The lowest BCUT2D eigenvalue weighted by molar-refractivity contribution is 0.602. The molecule has 0 saturated carbocycles. The van der Waals surface area contributed by atoms with Crippen LogP contribution in [0.25, 0.3) is 22.5 Å². The molecule has 0 atom stereocenters. The maximum atomic E-state index is 12.1. The molecule has 182 valence electrons. The first kappa shape index (κ1) is 24.0. The minimum Gasteiger partial charge on any atom is -0.302 e. The Morgan fingerprint density at radius 2 is 1.69 bits per heavy atom. The van der Waals surface area contributed by atoms with E-state index in [0.717, 1.165) is 45.3 Å². The number of imidazole rings is 1. The SMILES string of the molecule is Cc1cn(-c2ccc(-c3cccc(S(C)(=O)=O)c3)cc2-n2nncc2Cc2cccc(Cl)c2)c(C)n1. The molecular formula is C27H24ClN5O2S. The molecule has 0 spiro atoms. The van der Waals surface area contributed by atoms with Gasteiger partial charge in [0.1, 0.15) is 5.82 Å². The number of rotatable bonds is 6. The molecule has 0 amide bonds. The maximum Gasteiger partial charge on any atom is 0.175 e. The predicted octanol–water partition coefficient (Wildman–Crippen LogP) is 5.38. The third-order valence-corrected chi connectivity index (χ3v) is 7.30. The molecule has 0 unspecified atom stereocenters. The molecule has 3 aromatic carbocycles. The maximum absolute atomic E-state index is 12.1. The molecule has 0 saturated heterocycles. The van der Waals surface area contributed by atoms with Gasteiger partial charge in [0.05, 0.1) is 33.9 Å². The third-order valence-electron chi connectivity index (χ3n) is 5.96. The van der Waals surface area contributed by atoms with Crippen LogP contribution < -0.4 is 0 Å². The van der Waals surface area contributed by atoms with E-state index in [0.29, 0.717) is 11.4 Å². The van der Waals surface area contributed by atoms with E-state index in [4.69, 9.17) is 11.6 Å². The average molecular weight is 518 g/mol. The summed E-state index contributed by atoms with van der Waals surface area (Å²) in [6, 6.07) is 20.6. The van der Waals surface area contributed by atoms with E-state index in [1.54, 1.807) is 24.4 Å². The van der Waals surface area contributed by atoms with E-state index in [9.17, 15) is 8.42 Å². The Morgan fingerprint density at radius 1 is 0.917 bits per heavy atom. The smallest absolute Gasteiger partial charge is 0.175 e. The number of hydrogen-bond donors (Lipinski definition) is 0. The number of benzene rings is 3. The molecule has 0 N–H and O–H groups in total. The molecule has 5 aromatic rings. The van der Waals surface area contributed by atoms with Crippen LogP contribution in [0, 0.1) is 13.8 Å². The van der Waals surface area contributed by atoms with Crippen molar-refractivity contribution in [1.82, 2.24) is 24.5 Å². The molecule has 0 bridgehead atoms. The Balaban J connectivity index is 1.68. The first-order valence-corrected chi connectivity index (χ1v) is 13.6. The normalized spacial score (nSPS) is 11.7. The summed E-state index contributed by atoms with van der Waals surface area (Å²) in [4.78, 5) is 4.84. The summed E-state index contributed by atoms with van der Waals surface area (Å²) in [7, 11) is -3.34. The zero-order valence-electron chi connectivity index (χ0n) is 20.1. The van der Waals surface area contributed by atoms with Gasteiger partial charge in [-0.2, -0.15) is 0 Å². The Kier molecular flexibility index (Phi) is 6.24. The van der Waals surface area contributed by atoms with Gasteiger partial charge in [0.2, 0.25) is 0 Å². The minimum atomic E-state index is -3.34. The highest BCUT2D eigenvalue weighted by Crippen LogP contribution is 2.30. The summed E-state index contributed by atoms with van der Waals surface area (Å²) in [5.41, 5.74) is 6.16. The number of hydrogen-bond acceptors (Lipinski definition) is 5. The van der Waals surface area contributed by atoms with Crippen LogP contribution in [0.1, 0.15) is 22.8 Å². The molecule has 0 aliphatic rings. The van der Waals surface area contributed by atoms with Crippen LogP contribution in [0.4, 0.5) is 0 Å². The number of halogens is 1. The Labute approximate surface area is 214 Å². The summed E-state index contributed by atoms with van der Waals surface area (Å²) >= 11 is 6.21. The van der Waals surface area contributed by atoms with Crippen molar-refractivity contribution < 1.29 is 8.42 Å². The second-order valence-corrected chi connectivity index (χ2v) is 11.2. The molecule has 2 aromatic heterocycles. The average Bonchev–Trinajstić information content (AvgIpc) is 3.43. The summed E-state index contributed by atoms with van der Waals surface area (Å²) in [6.45, 7) is 3.91. The number of aryl methyl sites for hydroxylation is 2. The van der Waals surface area contributed by atoms with Crippen molar-refractivity contribution in [2.45, 2.75) is 25.2 Å². The van der Waals surface area contributed by atoms with Crippen molar-refractivity contribution in [3.63, 3.8) is 0 Å². The molecule has 5 rings (SSSR count). The largest absolute Gasteiger partial charge is 0.302 e. The molecule has 0 radical (unpaired) electrons. The summed E-state index contributed by atoms with van der Waals surface area (Å²) in [5.74, 6) is 0.845. The summed E-state index contributed by atoms with van der Waals surface area (Å²) in [6.07, 6.45) is 5.52. The first-order valence-electron chi connectivity index (χ1n) is 11.3. The lowest BCUT2D eigenvalue weighted by atomic mass is 10.0. The number of sulfone groups is 1. The van der Waals surface area contributed by atoms with E-state index in [2.05, 4.69) is 15.3 Å². The fourth-order valence-electron chi connectivity index (χ4n) is 4.28. The van der Waals surface area contributed by atoms with Gasteiger partial charge in [0.15, 0.2) is 9.84 Å². The molecule has 0 aliphatic heterocycles. The molecule has 9 heteroatoms. The van der Waals surface area contributed by atoms with Crippen LogP contribution in [-0.2, 0) is 16.3 Å². The Hall–Kier alpha value is -3.75. The van der Waals surface area contributed by atoms with Crippen molar-refractivity contribution >= 4 is 21.4 Å². The van der Waals surface area contributed by atoms with Gasteiger partial charge in [-0.1, -0.05) is 47.1 Å². The Bertz CT molecular complexity index is 1690. The quantitative estimate of drug-likeness (QED) is 0.302. The highest BCUT2D eigenvalue weighted by molar-refractivity contribution is 7.90. The molecular weight excluding hydrogens is 494 g/mol. The van der Waals surface area contributed by atoms with Crippen molar-refractivity contribution in [2.24, 2.45) is 0 Å². The van der Waals surface area contributed by atoms with Crippen molar-refractivity contribution in [3.8, 4) is 22.5 Å². The summed E-state index contributed by atoms with van der Waals surface area (Å²) < 4.78 is 28.1. The van der Waals surface area contributed by atoms with Crippen LogP contribution in [0.2, 0.25) is 5.02 Å². The van der Waals surface area contributed by atoms with Gasteiger partial charge in [0, 0.05) is 23.9 Å². The van der Waals surface area contributed by atoms with Crippen LogP contribution in [0.5, 0.6) is 0 Å². The molecule has 0 fully saturated rings. The first-order chi connectivity index (χ1) is 17.2. The Morgan fingerprint density at radius 3 is 2.42 bits per heavy atom. The zero-order chi connectivity index (χ0) is 25.4. The van der Waals surface area contributed by atoms with Crippen LogP contribution in [0.15, 0.2) is 84.0 Å². The van der Waals surface area contributed by atoms with Gasteiger partial charge >= 0.3 is 0 Å². The van der Waals surface area contributed by atoms with Crippen molar-refractivity contribution in [2.75, 3.05) is 6.26 Å². The monoisotopic (exact) mass is 517 g/mol. The van der Waals surface area contributed by atoms with Gasteiger partial charge in [-0.15, -0.1) is 5.10 Å². The van der Waals surface area contributed by atoms with Crippen LogP contribution in [0.3, 0.4) is 0 Å². The topological polar surface area (TPSA) is 82.7 Å². The van der Waals surface area contributed by atoms with Gasteiger partial charge in [-0.25, -0.2) is 18.1 Å². The lowest BCUT2D eigenvalue weighted by Gasteiger charge is -2.16. The molecule has 36 heavy (non-hydrogen) atoms. The van der Waals surface area contributed by atoms with Crippen molar-refractivity contribution in [1.29, 1.82) is 0 Å². The molecule has 7 nitrogen and oxygen atoms in total.